The maximum atomic E-state index is 16.3. The van der Waals surface area contributed by atoms with E-state index in [9.17, 15) is 10.1 Å². The van der Waals surface area contributed by atoms with Crippen molar-refractivity contribution in [2.75, 3.05) is 25.1 Å². The number of nitrogens with zero attached hydrogens (tertiary/aromatic N) is 4. The Bertz CT molecular complexity index is 1750. The number of carbonyl (C=O) groups is 1. The lowest BCUT2D eigenvalue weighted by Gasteiger charge is -2.39. The quantitative estimate of drug-likeness (QED) is 0.193. The van der Waals surface area contributed by atoms with Gasteiger partial charge in [-0.1, -0.05) is 62.2 Å². The van der Waals surface area contributed by atoms with Crippen molar-refractivity contribution in [2.45, 2.75) is 95.5 Å². The molecule has 0 bridgehead atoms. The maximum absolute atomic E-state index is 16.3. The van der Waals surface area contributed by atoms with E-state index in [0.717, 1.165) is 12.8 Å². The zero-order chi connectivity index (χ0) is 35.3. The molecule has 12 heteroatoms. The summed E-state index contributed by atoms with van der Waals surface area (Å²) >= 11 is 12.6. The first-order chi connectivity index (χ1) is 23.1. The van der Waals surface area contributed by atoms with E-state index in [4.69, 9.17) is 32.7 Å². The normalized spacial score (nSPS) is 25.7. The first kappa shape index (κ1) is 35.7. The summed E-state index contributed by atoms with van der Waals surface area (Å²) in [6, 6.07) is 11.2. The van der Waals surface area contributed by atoms with Gasteiger partial charge in [0.1, 0.15) is 23.2 Å². The molecule has 0 radical (unpaired) electrons. The second-order valence-corrected chi connectivity index (χ2v) is 16.3. The van der Waals surface area contributed by atoms with Gasteiger partial charge in [-0.25, -0.2) is 8.78 Å². The topological polar surface area (TPSA) is 95.7 Å². The van der Waals surface area contributed by atoms with Crippen LogP contribution in [-0.4, -0.2) is 64.1 Å². The number of hydrogen-bond donors (Lipinski definition) is 1. The zero-order valence-corrected chi connectivity index (χ0v) is 30.0. The van der Waals surface area contributed by atoms with Crippen LogP contribution < -0.4 is 5.32 Å². The van der Waals surface area contributed by atoms with Crippen molar-refractivity contribution in [1.82, 2.24) is 14.7 Å². The van der Waals surface area contributed by atoms with Gasteiger partial charge < -0.3 is 14.8 Å². The number of hydrogen-bond acceptors (Lipinski definition) is 6. The van der Waals surface area contributed by atoms with Crippen molar-refractivity contribution < 1.29 is 23.0 Å². The van der Waals surface area contributed by atoms with Gasteiger partial charge in [-0.15, -0.1) is 0 Å². The van der Waals surface area contributed by atoms with Crippen LogP contribution in [0.1, 0.15) is 70.9 Å². The minimum Gasteiger partial charge on any atom is -0.371 e. The van der Waals surface area contributed by atoms with Gasteiger partial charge in [-0.3, -0.25) is 14.4 Å². The lowest BCUT2D eigenvalue weighted by Crippen LogP contribution is -2.48. The Kier molecular flexibility index (Phi) is 9.90. The predicted molar refractivity (Wildman–Crippen MR) is 185 cm³/mol. The van der Waals surface area contributed by atoms with Gasteiger partial charge in [-0.05, 0) is 68.2 Å². The first-order valence-corrected chi connectivity index (χ1v) is 17.5. The molecule has 1 amide bonds. The number of rotatable bonds is 12. The minimum absolute atomic E-state index is 0.0669. The SMILES string of the molecule is CC(C)(C)CC1N(CC2CC2)C(C(=O)Nc2ccn(CC(C)(C)OC[C@H]3CO3)n2)C(c2cccc(Cl)c2F)C1(C#N)c1ccc(Cl)cc1F. The number of epoxide rings is 1. The zero-order valence-electron chi connectivity index (χ0n) is 28.5. The summed E-state index contributed by atoms with van der Waals surface area (Å²) in [6.07, 6.45) is 4.23. The average Bonchev–Trinajstić information content (AvgIpc) is 3.95. The molecule has 1 aromatic heterocycles. The highest BCUT2D eigenvalue weighted by Gasteiger charge is 2.65. The third-order valence-electron chi connectivity index (χ3n) is 9.71. The molecule has 49 heavy (non-hydrogen) atoms. The van der Waals surface area contributed by atoms with E-state index in [1.807, 2.05) is 39.5 Å². The molecule has 2 saturated heterocycles. The van der Waals surface area contributed by atoms with Gasteiger partial charge in [0.25, 0.3) is 0 Å². The van der Waals surface area contributed by atoms with Crippen LogP contribution in [0.3, 0.4) is 0 Å². The molecule has 3 fully saturated rings. The smallest absolute Gasteiger partial charge is 0.243 e. The summed E-state index contributed by atoms with van der Waals surface area (Å²) < 4.78 is 45.5. The Labute approximate surface area is 296 Å². The summed E-state index contributed by atoms with van der Waals surface area (Å²) in [5.74, 6) is -2.47. The van der Waals surface area contributed by atoms with E-state index in [2.05, 4.69) is 16.5 Å². The Morgan fingerprint density at radius 1 is 1.16 bits per heavy atom. The van der Waals surface area contributed by atoms with Gasteiger partial charge >= 0.3 is 0 Å². The Morgan fingerprint density at radius 2 is 1.90 bits per heavy atom. The molecule has 1 N–H and O–H groups in total. The van der Waals surface area contributed by atoms with Gasteiger partial charge in [0, 0.05) is 41.4 Å². The highest BCUT2D eigenvalue weighted by molar-refractivity contribution is 6.31. The molecule has 5 atom stereocenters. The summed E-state index contributed by atoms with van der Waals surface area (Å²) in [5.41, 5.74) is -2.45. The van der Waals surface area contributed by atoms with Gasteiger partial charge in [0.15, 0.2) is 5.82 Å². The van der Waals surface area contributed by atoms with Crippen LogP contribution in [0.2, 0.25) is 10.0 Å². The van der Waals surface area contributed by atoms with Crippen LogP contribution in [0, 0.1) is 34.3 Å². The molecule has 2 aliphatic heterocycles. The molecular formula is C37H43Cl2F2N5O3. The number of anilines is 1. The van der Waals surface area contributed by atoms with E-state index < -0.39 is 46.6 Å². The number of amides is 1. The van der Waals surface area contributed by atoms with E-state index in [1.165, 1.54) is 24.3 Å². The molecule has 0 spiro atoms. The monoisotopic (exact) mass is 713 g/mol. The number of nitriles is 1. The number of nitrogens with one attached hydrogen (secondary N) is 1. The fourth-order valence-electron chi connectivity index (χ4n) is 7.29. The van der Waals surface area contributed by atoms with E-state index in [0.29, 0.717) is 38.5 Å². The fraction of sp³-hybridized carbons (Fsp3) is 0.541. The third-order valence-corrected chi connectivity index (χ3v) is 10.2. The second-order valence-electron chi connectivity index (χ2n) is 15.5. The van der Waals surface area contributed by atoms with Crippen molar-refractivity contribution in [2.24, 2.45) is 11.3 Å². The number of ether oxygens (including phenoxy) is 2. The van der Waals surface area contributed by atoms with Crippen molar-refractivity contribution in [3.05, 3.63) is 81.5 Å². The fourth-order valence-corrected chi connectivity index (χ4v) is 7.63. The molecule has 3 aliphatic rings. The molecule has 1 saturated carbocycles. The van der Waals surface area contributed by atoms with Crippen LogP contribution in [0.25, 0.3) is 0 Å². The molecule has 262 valence electrons. The second kappa shape index (κ2) is 13.6. The average molecular weight is 715 g/mol. The molecule has 8 nitrogen and oxygen atoms in total. The van der Waals surface area contributed by atoms with Crippen LogP contribution in [0.4, 0.5) is 14.6 Å². The van der Waals surface area contributed by atoms with E-state index in [1.54, 1.807) is 29.1 Å². The number of benzene rings is 2. The van der Waals surface area contributed by atoms with Crippen molar-refractivity contribution in [3.63, 3.8) is 0 Å². The lowest BCUT2D eigenvalue weighted by atomic mass is 9.62. The molecule has 4 unspecified atom stereocenters. The summed E-state index contributed by atoms with van der Waals surface area (Å²) in [5, 5.41) is 19.0. The molecule has 6 rings (SSSR count). The molecular weight excluding hydrogens is 671 g/mol. The third kappa shape index (κ3) is 7.67. The van der Waals surface area contributed by atoms with Gasteiger partial charge in [-0.2, -0.15) is 10.4 Å². The summed E-state index contributed by atoms with van der Waals surface area (Å²) in [4.78, 5) is 16.8. The standard InChI is InChI=1S/C37H43Cl2F2N5O3/c1-35(2,3)16-29-37(20-42,26-12-11-23(38)15-28(26)40)31(25-7-6-8-27(39)32(25)41)33(46(29)17-22-9-10-22)34(47)43-30-13-14-45(44-30)21-36(4,5)49-19-24-18-48-24/h6-8,11-15,22,24,29,31,33H,9-10,16-19,21H2,1-5H3,(H,43,44,47)/t24-,29?,31?,33?,37?/m1/s1. The predicted octanol–water partition coefficient (Wildman–Crippen LogP) is 7.74. The maximum Gasteiger partial charge on any atom is 0.243 e. The van der Waals surface area contributed by atoms with Crippen molar-refractivity contribution >= 4 is 34.9 Å². The number of carbonyl (C=O) groups excluding carboxylic acids is 1. The number of aromatic nitrogens is 2. The lowest BCUT2D eigenvalue weighted by molar-refractivity contribution is -0.121. The van der Waals surface area contributed by atoms with Gasteiger partial charge in [0.2, 0.25) is 5.91 Å². The summed E-state index contributed by atoms with van der Waals surface area (Å²) in [6.45, 7) is 12.1. The Hall–Kier alpha value is -3.07. The molecule has 3 heterocycles. The van der Waals surface area contributed by atoms with Crippen LogP contribution in [0.15, 0.2) is 48.7 Å². The molecule has 1 aliphatic carbocycles. The van der Waals surface area contributed by atoms with Crippen LogP contribution >= 0.6 is 23.2 Å². The highest BCUT2D eigenvalue weighted by Crippen LogP contribution is 2.57. The summed E-state index contributed by atoms with van der Waals surface area (Å²) in [7, 11) is 0. The van der Waals surface area contributed by atoms with Crippen LogP contribution in [-0.2, 0) is 26.2 Å². The first-order valence-electron chi connectivity index (χ1n) is 16.8. The Balaban J connectivity index is 1.46. The Morgan fingerprint density at radius 3 is 2.53 bits per heavy atom. The molecule has 2 aromatic carbocycles. The van der Waals surface area contributed by atoms with E-state index >= 15 is 8.78 Å². The van der Waals surface area contributed by atoms with Crippen LogP contribution in [0.5, 0.6) is 0 Å². The highest BCUT2D eigenvalue weighted by atomic mass is 35.5. The molecule has 3 aromatic rings. The number of likely N-dealkylation sites (tertiary alicyclic amines) is 1. The number of halogens is 4. The minimum atomic E-state index is -1.70. The van der Waals surface area contributed by atoms with Crippen molar-refractivity contribution in [3.8, 4) is 6.07 Å². The largest absolute Gasteiger partial charge is 0.371 e. The van der Waals surface area contributed by atoms with E-state index in [-0.39, 0.29) is 38.6 Å². The van der Waals surface area contributed by atoms with Crippen molar-refractivity contribution in [1.29, 1.82) is 5.26 Å². The van der Waals surface area contributed by atoms with Gasteiger partial charge in [0.05, 0.1) is 42.5 Å².